The van der Waals surface area contributed by atoms with Gasteiger partial charge < -0.3 is 9.55 Å². The topological polar surface area (TPSA) is 76.5 Å². The van der Waals surface area contributed by atoms with Gasteiger partial charge in [-0.1, -0.05) is 18.7 Å². The van der Waals surface area contributed by atoms with Crippen LogP contribution in [-0.2, 0) is 19.9 Å². The number of H-pyrrole nitrogens is 1. The van der Waals surface area contributed by atoms with E-state index in [1.807, 2.05) is 18.5 Å². The molecule has 1 aliphatic rings. The molecule has 6 nitrogen and oxygen atoms in total. The first-order valence-corrected chi connectivity index (χ1v) is 9.77. The first-order valence-electron chi connectivity index (χ1n) is 8.08. The van der Waals surface area contributed by atoms with Crippen molar-refractivity contribution in [1.29, 1.82) is 0 Å². The lowest BCUT2D eigenvalue weighted by Gasteiger charge is -2.17. The van der Waals surface area contributed by atoms with E-state index in [0.29, 0.717) is 11.7 Å². The van der Waals surface area contributed by atoms with Crippen molar-refractivity contribution in [2.24, 2.45) is 13.0 Å². The number of thiophene rings is 1. The number of thioether (sulfide) groups is 1. The van der Waals surface area contributed by atoms with Crippen LogP contribution in [0.2, 0.25) is 0 Å². The lowest BCUT2D eigenvalue weighted by Crippen LogP contribution is -2.15. The fourth-order valence-corrected chi connectivity index (χ4v) is 5.39. The average molecular weight is 361 g/mol. The fourth-order valence-electron chi connectivity index (χ4n) is 3.15. The van der Waals surface area contributed by atoms with E-state index in [1.165, 1.54) is 10.4 Å². The van der Waals surface area contributed by atoms with Gasteiger partial charge in [0.15, 0.2) is 5.16 Å². The minimum atomic E-state index is -0.00697. The summed E-state index contributed by atoms with van der Waals surface area (Å²) in [6.07, 6.45) is 4.87. The molecule has 8 heteroatoms. The fraction of sp³-hybridized carbons (Fsp3) is 0.500. The van der Waals surface area contributed by atoms with Crippen LogP contribution in [0.15, 0.2) is 16.3 Å². The minimum absolute atomic E-state index is 0.00283. The molecule has 3 aromatic heterocycles. The summed E-state index contributed by atoms with van der Waals surface area (Å²) < 4.78 is 1.86. The number of hydrogen-bond donors (Lipinski definition) is 1. The van der Waals surface area contributed by atoms with Gasteiger partial charge in [0.2, 0.25) is 0 Å². The van der Waals surface area contributed by atoms with Crippen LogP contribution < -0.4 is 5.56 Å². The zero-order valence-electron chi connectivity index (χ0n) is 13.9. The zero-order chi connectivity index (χ0) is 16.8. The second-order valence-corrected chi connectivity index (χ2v) is 8.86. The van der Waals surface area contributed by atoms with Crippen molar-refractivity contribution in [1.82, 2.24) is 24.7 Å². The van der Waals surface area contributed by atoms with E-state index in [0.717, 1.165) is 34.6 Å². The van der Waals surface area contributed by atoms with Crippen molar-refractivity contribution < 1.29 is 0 Å². The van der Waals surface area contributed by atoms with Crippen molar-refractivity contribution in [2.75, 3.05) is 0 Å². The summed E-state index contributed by atoms with van der Waals surface area (Å²) in [5.74, 6) is 1.39. The molecule has 4 rings (SSSR count). The van der Waals surface area contributed by atoms with Gasteiger partial charge in [-0.2, -0.15) is 0 Å². The highest BCUT2D eigenvalue weighted by Gasteiger charge is 2.24. The SMILES string of the molecule is C[C@H]1CCc2c(sc3nc([C@H](C)Sc4nncn4C)[nH]c(=O)c23)C1. The molecule has 2 atom stereocenters. The van der Waals surface area contributed by atoms with E-state index in [4.69, 9.17) is 4.98 Å². The minimum Gasteiger partial charge on any atom is -0.312 e. The van der Waals surface area contributed by atoms with Gasteiger partial charge in [0, 0.05) is 11.9 Å². The van der Waals surface area contributed by atoms with Gasteiger partial charge in [0.1, 0.15) is 17.0 Å². The van der Waals surface area contributed by atoms with E-state index < -0.39 is 0 Å². The second-order valence-electron chi connectivity index (χ2n) is 6.47. The lowest BCUT2D eigenvalue weighted by atomic mass is 9.89. The predicted molar refractivity (Wildman–Crippen MR) is 96.7 cm³/mol. The van der Waals surface area contributed by atoms with Crippen LogP contribution in [0.25, 0.3) is 10.2 Å². The molecular weight excluding hydrogens is 342 g/mol. The van der Waals surface area contributed by atoms with E-state index in [-0.39, 0.29) is 10.8 Å². The summed E-state index contributed by atoms with van der Waals surface area (Å²) in [7, 11) is 1.91. The Morgan fingerprint density at radius 3 is 3.08 bits per heavy atom. The zero-order valence-corrected chi connectivity index (χ0v) is 15.5. The Hall–Kier alpha value is -1.67. The summed E-state index contributed by atoms with van der Waals surface area (Å²) in [5, 5.41) is 9.59. The number of nitrogens with zero attached hydrogens (tertiary/aromatic N) is 4. The highest BCUT2D eigenvalue weighted by Crippen LogP contribution is 2.37. The molecule has 0 aliphatic heterocycles. The molecule has 0 radical (unpaired) electrons. The number of aryl methyl sites for hydroxylation is 2. The van der Waals surface area contributed by atoms with Crippen molar-refractivity contribution in [3.05, 3.63) is 32.9 Å². The molecule has 0 saturated carbocycles. The highest BCUT2D eigenvalue weighted by molar-refractivity contribution is 7.99. The summed E-state index contributed by atoms with van der Waals surface area (Å²) in [6.45, 7) is 4.30. The van der Waals surface area contributed by atoms with Crippen molar-refractivity contribution >= 4 is 33.3 Å². The normalized spacial score (nSPS) is 18.7. The molecule has 0 bridgehead atoms. The first-order chi connectivity index (χ1) is 11.5. The Bertz CT molecular complexity index is 957. The summed E-state index contributed by atoms with van der Waals surface area (Å²) in [4.78, 5) is 22.6. The number of hydrogen-bond acceptors (Lipinski definition) is 6. The van der Waals surface area contributed by atoms with Gasteiger partial charge in [-0.15, -0.1) is 21.5 Å². The number of aromatic amines is 1. The summed E-state index contributed by atoms with van der Waals surface area (Å²) in [6, 6.07) is 0. The molecule has 1 aliphatic carbocycles. The van der Waals surface area contributed by atoms with Crippen molar-refractivity contribution in [3.8, 4) is 0 Å². The molecule has 1 N–H and O–H groups in total. The van der Waals surface area contributed by atoms with E-state index in [9.17, 15) is 4.79 Å². The monoisotopic (exact) mass is 361 g/mol. The average Bonchev–Trinajstić information content (AvgIpc) is 3.10. The molecule has 0 aromatic carbocycles. The van der Waals surface area contributed by atoms with Crippen molar-refractivity contribution in [3.63, 3.8) is 0 Å². The Kier molecular flexibility index (Phi) is 3.96. The summed E-state index contributed by atoms with van der Waals surface area (Å²) in [5.41, 5.74) is 1.22. The second kappa shape index (κ2) is 6.00. The molecule has 24 heavy (non-hydrogen) atoms. The highest BCUT2D eigenvalue weighted by atomic mass is 32.2. The Morgan fingerprint density at radius 2 is 2.33 bits per heavy atom. The van der Waals surface area contributed by atoms with Crippen LogP contribution in [0.3, 0.4) is 0 Å². The van der Waals surface area contributed by atoms with Gasteiger partial charge in [0.05, 0.1) is 10.6 Å². The van der Waals surface area contributed by atoms with Crippen molar-refractivity contribution in [2.45, 2.75) is 43.5 Å². The van der Waals surface area contributed by atoms with Crippen LogP contribution in [0.4, 0.5) is 0 Å². The molecule has 0 fully saturated rings. The number of aromatic nitrogens is 5. The Balaban J connectivity index is 1.73. The lowest BCUT2D eigenvalue weighted by molar-refractivity contribution is 0.509. The van der Waals surface area contributed by atoms with Crippen LogP contribution in [0.1, 0.15) is 41.8 Å². The standard InChI is InChI=1S/C16H19N5OS2/c1-8-4-5-10-11(6-8)24-15-12(10)14(22)18-13(19-15)9(2)23-16-20-17-7-21(16)3/h7-9H,4-6H2,1-3H3,(H,18,19,22)/t8-,9-/m0/s1. The van der Waals surface area contributed by atoms with E-state index >= 15 is 0 Å². The third kappa shape index (κ3) is 2.67. The molecular formula is C16H19N5OS2. The molecule has 0 saturated heterocycles. The van der Waals surface area contributed by atoms with Gasteiger partial charge in [-0.3, -0.25) is 4.79 Å². The predicted octanol–water partition coefficient (Wildman–Crippen LogP) is 3.09. The number of rotatable bonds is 3. The third-order valence-corrected chi connectivity index (χ3v) is 6.83. The van der Waals surface area contributed by atoms with Gasteiger partial charge >= 0.3 is 0 Å². The van der Waals surface area contributed by atoms with E-state index in [1.54, 1.807) is 29.4 Å². The number of fused-ring (bicyclic) bond motifs is 3. The maximum absolute atomic E-state index is 12.7. The Labute approximate surface area is 147 Å². The summed E-state index contributed by atoms with van der Waals surface area (Å²) >= 11 is 3.23. The molecule has 0 spiro atoms. The van der Waals surface area contributed by atoms with Crippen LogP contribution in [0, 0.1) is 5.92 Å². The Morgan fingerprint density at radius 1 is 1.50 bits per heavy atom. The van der Waals surface area contributed by atoms with Gasteiger partial charge in [0.25, 0.3) is 5.56 Å². The van der Waals surface area contributed by atoms with Crippen LogP contribution in [0.5, 0.6) is 0 Å². The molecule has 0 amide bonds. The first kappa shape index (κ1) is 15.8. The molecule has 126 valence electrons. The maximum atomic E-state index is 12.7. The largest absolute Gasteiger partial charge is 0.312 e. The van der Waals surface area contributed by atoms with E-state index in [2.05, 4.69) is 22.1 Å². The van der Waals surface area contributed by atoms with Gasteiger partial charge in [-0.05, 0) is 37.7 Å². The molecule has 3 heterocycles. The quantitative estimate of drug-likeness (QED) is 0.726. The van der Waals surface area contributed by atoms with Crippen LogP contribution >= 0.6 is 23.1 Å². The smallest absolute Gasteiger partial charge is 0.259 e. The third-order valence-electron chi connectivity index (χ3n) is 4.52. The number of nitrogens with one attached hydrogen (secondary N) is 1. The van der Waals surface area contributed by atoms with Crippen LogP contribution in [-0.4, -0.2) is 24.7 Å². The van der Waals surface area contributed by atoms with Gasteiger partial charge in [-0.25, -0.2) is 4.98 Å². The molecule has 3 aromatic rings. The maximum Gasteiger partial charge on any atom is 0.259 e. The molecule has 0 unspecified atom stereocenters.